The van der Waals surface area contributed by atoms with E-state index in [-0.39, 0.29) is 5.38 Å². The molecule has 0 saturated heterocycles. The van der Waals surface area contributed by atoms with Crippen LogP contribution in [0.5, 0.6) is 0 Å². The van der Waals surface area contributed by atoms with Gasteiger partial charge in [0.05, 0.1) is 0 Å². The Balaban J connectivity index is 2.04. The van der Waals surface area contributed by atoms with Gasteiger partial charge in [-0.3, -0.25) is 0 Å². The maximum Gasteiger partial charge on any atom is 0.0409 e. The van der Waals surface area contributed by atoms with E-state index in [9.17, 15) is 0 Å². The molecule has 0 nitrogen and oxygen atoms in total. The van der Waals surface area contributed by atoms with E-state index in [1.165, 1.54) is 30.4 Å². The third-order valence-electron chi connectivity index (χ3n) is 4.29. The predicted molar refractivity (Wildman–Crippen MR) is 75.6 cm³/mol. The first-order valence-electron chi connectivity index (χ1n) is 6.69. The van der Waals surface area contributed by atoms with E-state index in [1.807, 2.05) is 0 Å². The summed E-state index contributed by atoms with van der Waals surface area (Å²) in [5, 5.41) is 0.286. The molecule has 0 bridgehead atoms. The molecule has 0 amide bonds. The van der Waals surface area contributed by atoms with Crippen LogP contribution >= 0.6 is 11.6 Å². The summed E-state index contributed by atoms with van der Waals surface area (Å²) in [7, 11) is 0. The van der Waals surface area contributed by atoms with Gasteiger partial charge < -0.3 is 0 Å². The summed E-state index contributed by atoms with van der Waals surface area (Å²) < 4.78 is 0. The fourth-order valence-electron chi connectivity index (χ4n) is 3.23. The Morgan fingerprint density at radius 1 is 1.41 bits per heavy atom. The summed E-state index contributed by atoms with van der Waals surface area (Å²) in [5.41, 5.74) is 3.14. The lowest BCUT2D eigenvalue weighted by atomic mass is 9.78. The van der Waals surface area contributed by atoms with Gasteiger partial charge in [0.15, 0.2) is 0 Å². The number of hydrogen-bond donors (Lipinski definition) is 0. The normalized spacial score (nSPS) is 24.8. The average molecular weight is 251 g/mol. The zero-order valence-electron chi connectivity index (χ0n) is 11.2. The molecule has 2 rings (SSSR count). The van der Waals surface area contributed by atoms with Crippen LogP contribution in [0.2, 0.25) is 0 Å². The highest BCUT2D eigenvalue weighted by molar-refractivity contribution is 6.21. The molecule has 1 heteroatoms. The van der Waals surface area contributed by atoms with Crippen LogP contribution in [0.25, 0.3) is 0 Å². The number of benzene rings is 1. The summed E-state index contributed by atoms with van der Waals surface area (Å²) in [6.45, 7) is 6.89. The minimum atomic E-state index is 0.286. The van der Waals surface area contributed by atoms with E-state index in [0.717, 1.165) is 6.42 Å². The summed E-state index contributed by atoms with van der Waals surface area (Å²) in [5.74, 6) is 0.671. The van der Waals surface area contributed by atoms with Crippen molar-refractivity contribution in [3.05, 3.63) is 35.4 Å². The Kier molecular flexibility index (Phi) is 3.82. The molecule has 17 heavy (non-hydrogen) atoms. The fraction of sp³-hybridized carbons (Fsp3) is 0.625. The van der Waals surface area contributed by atoms with Crippen LogP contribution in [0, 0.1) is 18.3 Å². The molecule has 0 spiro atoms. The number of halogens is 1. The number of rotatable bonds is 3. The third kappa shape index (κ3) is 3.04. The summed E-state index contributed by atoms with van der Waals surface area (Å²) in [6, 6.07) is 8.74. The van der Waals surface area contributed by atoms with Crippen molar-refractivity contribution >= 4 is 11.6 Å². The summed E-state index contributed by atoms with van der Waals surface area (Å²) >= 11 is 6.66. The molecule has 1 saturated carbocycles. The molecule has 94 valence electrons. The Labute approximate surface area is 110 Å². The van der Waals surface area contributed by atoms with E-state index in [4.69, 9.17) is 11.6 Å². The van der Waals surface area contributed by atoms with Crippen molar-refractivity contribution in [1.82, 2.24) is 0 Å². The zero-order valence-corrected chi connectivity index (χ0v) is 11.9. The topological polar surface area (TPSA) is 0 Å². The molecule has 1 aromatic carbocycles. The second-order valence-electron chi connectivity index (χ2n) is 6.20. The van der Waals surface area contributed by atoms with E-state index in [0.29, 0.717) is 11.3 Å². The van der Waals surface area contributed by atoms with Crippen molar-refractivity contribution in [1.29, 1.82) is 0 Å². The standard InChI is InChI=1S/C16H23Cl/c1-12-6-4-7-13(10-12)11-15(17)14-8-5-9-16(14,2)3/h4,6-7,10,14-15H,5,8-9,11H2,1-3H3. The Hall–Kier alpha value is -0.490. The molecule has 0 N–H and O–H groups in total. The molecule has 2 unspecified atom stereocenters. The van der Waals surface area contributed by atoms with Gasteiger partial charge in [-0.05, 0) is 43.1 Å². The van der Waals surface area contributed by atoms with Gasteiger partial charge in [-0.1, -0.05) is 50.1 Å². The van der Waals surface area contributed by atoms with Crippen molar-refractivity contribution in [2.75, 3.05) is 0 Å². The Bertz CT molecular complexity index is 381. The predicted octanol–water partition coefficient (Wildman–Crippen LogP) is 4.97. The second-order valence-corrected chi connectivity index (χ2v) is 6.76. The van der Waals surface area contributed by atoms with Gasteiger partial charge in [0.25, 0.3) is 0 Å². The molecule has 2 atom stereocenters. The van der Waals surface area contributed by atoms with Gasteiger partial charge in [0, 0.05) is 5.38 Å². The Morgan fingerprint density at radius 2 is 2.18 bits per heavy atom. The lowest BCUT2D eigenvalue weighted by molar-refractivity contribution is 0.250. The van der Waals surface area contributed by atoms with E-state index in [2.05, 4.69) is 45.0 Å². The highest BCUT2D eigenvalue weighted by Gasteiger charge is 2.38. The summed E-state index contributed by atoms with van der Waals surface area (Å²) in [6.07, 6.45) is 4.98. The smallest absolute Gasteiger partial charge is 0.0409 e. The van der Waals surface area contributed by atoms with Gasteiger partial charge >= 0.3 is 0 Å². The van der Waals surface area contributed by atoms with Crippen molar-refractivity contribution in [2.24, 2.45) is 11.3 Å². The van der Waals surface area contributed by atoms with Crippen molar-refractivity contribution in [3.8, 4) is 0 Å². The lowest BCUT2D eigenvalue weighted by Crippen LogP contribution is -2.27. The maximum atomic E-state index is 6.66. The zero-order chi connectivity index (χ0) is 12.5. The Morgan fingerprint density at radius 3 is 2.76 bits per heavy atom. The quantitative estimate of drug-likeness (QED) is 0.665. The van der Waals surface area contributed by atoms with Gasteiger partial charge in [-0.25, -0.2) is 0 Å². The average Bonchev–Trinajstić information content (AvgIpc) is 2.58. The lowest BCUT2D eigenvalue weighted by Gasteiger charge is -2.31. The molecule has 1 fully saturated rings. The maximum absolute atomic E-state index is 6.66. The highest BCUT2D eigenvalue weighted by atomic mass is 35.5. The third-order valence-corrected chi connectivity index (χ3v) is 4.75. The molecule has 1 aliphatic carbocycles. The van der Waals surface area contributed by atoms with Gasteiger partial charge in [0.2, 0.25) is 0 Å². The van der Waals surface area contributed by atoms with Crippen LogP contribution in [0.15, 0.2) is 24.3 Å². The minimum Gasteiger partial charge on any atom is -0.122 e. The van der Waals surface area contributed by atoms with Crippen LogP contribution in [-0.2, 0) is 6.42 Å². The van der Waals surface area contributed by atoms with Crippen molar-refractivity contribution < 1.29 is 0 Å². The first-order valence-corrected chi connectivity index (χ1v) is 7.12. The van der Waals surface area contributed by atoms with E-state index >= 15 is 0 Å². The molecule has 1 aliphatic rings. The summed E-state index contributed by atoms with van der Waals surface area (Å²) in [4.78, 5) is 0. The molecular weight excluding hydrogens is 228 g/mol. The van der Waals surface area contributed by atoms with Crippen LogP contribution in [0.4, 0.5) is 0 Å². The monoisotopic (exact) mass is 250 g/mol. The van der Waals surface area contributed by atoms with Crippen LogP contribution in [0.3, 0.4) is 0 Å². The van der Waals surface area contributed by atoms with Crippen LogP contribution in [-0.4, -0.2) is 5.38 Å². The second kappa shape index (κ2) is 5.02. The first kappa shape index (κ1) is 13.0. The first-order chi connectivity index (χ1) is 7.99. The molecule has 1 aromatic rings. The molecule has 0 radical (unpaired) electrons. The van der Waals surface area contributed by atoms with E-state index < -0.39 is 0 Å². The largest absolute Gasteiger partial charge is 0.122 e. The minimum absolute atomic E-state index is 0.286. The molecule has 0 aromatic heterocycles. The van der Waals surface area contributed by atoms with Crippen LogP contribution < -0.4 is 0 Å². The SMILES string of the molecule is Cc1cccc(CC(Cl)C2CCCC2(C)C)c1. The molecule has 0 heterocycles. The number of aryl methyl sites for hydroxylation is 1. The molecule has 0 aliphatic heterocycles. The fourth-order valence-corrected chi connectivity index (χ4v) is 3.88. The van der Waals surface area contributed by atoms with Gasteiger partial charge in [-0.2, -0.15) is 0 Å². The number of alkyl halides is 1. The van der Waals surface area contributed by atoms with Crippen molar-refractivity contribution in [2.45, 2.75) is 51.8 Å². The van der Waals surface area contributed by atoms with Gasteiger partial charge in [-0.15, -0.1) is 11.6 Å². The number of hydrogen-bond acceptors (Lipinski definition) is 0. The van der Waals surface area contributed by atoms with Crippen molar-refractivity contribution in [3.63, 3.8) is 0 Å². The van der Waals surface area contributed by atoms with Crippen LogP contribution in [0.1, 0.15) is 44.2 Å². The highest BCUT2D eigenvalue weighted by Crippen LogP contribution is 2.46. The van der Waals surface area contributed by atoms with Gasteiger partial charge in [0.1, 0.15) is 0 Å². The molecular formula is C16H23Cl. The van der Waals surface area contributed by atoms with E-state index in [1.54, 1.807) is 0 Å².